The summed E-state index contributed by atoms with van der Waals surface area (Å²) in [5.74, 6) is 1.21. The zero-order chi connectivity index (χ0) is 17.3. The molecule has 0 heterocycles. The number of carbonyl (C=O) groups is 2. The predicted octanol–water partition coefficient (Wildman–Crippen LogP) is 2.36. The van der Waals surface area contributed by atoms with E-state index in [9.17, 15) is 19.8 Å². The van der Waals surface area contributed by atoms with Gasteiger partial charge in [0, 0.05) is 37.2 Å². The van der Waals surface area contributed by atoms with Crippen molar-refractivity contribution in [3.63, 3.8) is 0 Å². The first-order chi connectivity index (χ1) is 11.3. The highest BCUT2D eigenvalue weighted by molar-refractivity contribution is 5.87. The summed E-state index contributed by atoms with van der Waals surface area (Å²) >= 11 is 0. The molecule has 4 aliphatic carbocycles. The molecule has 8 atom stereocenters. The van der Waals surface area contributed by atoms with Crippen LogP contribution in [-0.2, 0) is 9.59 Å². The smallest absolute Gasteiger partial charge is 0.139 e. The molecule has 24 heavy (non-hydrogen) atoms. The van der Waals surface area contributed by atoms with Crippen LogP contribution >= 0.6 is 0 Å². The van der Waals surface area contributed by atoms with Crippen molar-refractivity contribution in [1.82, 2.24) is 0 Å². The molecule has 0 radical (unpaired) electrons. The van der Waals surface area contributed by atoms with Crippen LogP contribution in [0.1, 0.15) is 58.8 Å². The van der Waals surface area contributed by atoms with Gasteiger partial charge in [-0.3, -0.25) is 9.59 Å². The lowest BCUT2D eigenvalue weighted by Crippen LogP contribution is -2.62. The Bertz CT molecular complexity index is 572. The zero-order valence-corrected chi connectivity index (χ0v) is 14.8. The first-order valence-electron chi connectivity index (χ1n) is 9.67. The summed E-state index contributed by atoms with van der Waals surface area (Å²) in [7, 11) is 0. The van der Waals surface area contributed by atoms with Gasteiger partial charge in [0.1, 0.15) is 11.6 Å². The Morgan fingerprint density at radius 2 is 1.79 bits per heavy atom. The summed E-state index contributed by atoms with van der Waals surface area (Å²) in [5, 5.41) is 21.2. The molecule has 4 aliphatic rings. The maximum absolute atomic E-state index is 12.5. The maximum Gasteiger partial charge on any atom is 0.139 e. The Hall–Kier alpha value is -0.740. The SMILES string of the molecule is C[C@]12CCC(=O)CC1[C@@H](CO)[C@@H](O)[C@@H]1[C@@H]2CC[C@]2(C)C(=O)CC[C@@H]12. The molecule has 0 aliphatic heterocycles. The molecule has 134 valence electrons. The Labute approximate surface area is 144 Å². The third-order valence-electron chi connectivity index (χ3n) is 8.69. The van der Waals surface area contributed by atoms with Crippen LogP contribution in [0.3, 0.4) is 0 Å². The van der Waals surface area contributed by atoms with Crippen molar-refractivity contribution < 1.29 is 19.8 Å². The van der Waals surface area contributed by atoms with Gasteiger partial charge in [-0.05, 0) is 54.8 Å². The highest BCUT2D eigenvalue weighted by Gasteiger charge is 2.64. The van der Waals surface area contributed by atoms with Crippen LogP contribution in [-0.4, -0.2) is 34.5 Å². The molecule has 1 unspecified atom stereocenters. The van der Waals surface area contributed by atoms with Crippen molar-refractivity contribution in [3.8, 4) is 0 Å². The first-order valence-corrected chi connectivity index (χ1v) is 9.67. The molecule has 4 nitrogen and oxygen atoms in total. The van der Waals surface area contributed by atoms with Crippen LogP contribution in [0.15, 0.2) is 0 Å². The van der Waals surface area contributed by atoms with E-state index in [-0.39, 0.29) is 46.9 Å². The van der Waals surface area contributed by atoms with Crippen LogP contribution in [0.2, 0.25) is 0 Å². The van der Waals surface area contributed by atoms with Crippen molar-refractivity contribution in [3.05, 3.63) is 0 Å². The molecule has 0 spiro atoms. The molecular weight excluding hydrogens is 304 g/mol. The third-order valence-corrected chi connectivity index (χ3v) is 8.69. The number of rotatable bonds is 1. The minimum absolute atomic E-state index is 0.0121. The van der Waals surface area contributed by atoms with E-state index in [1.165, 1.54) is 0 Å². The van der Waals surface area contributed by atoms with Crippen molar-refractivity contribution in [2.45, 2.75) is 64.9 Å². The van der Waals surface area contributed by atoms with Crippen LogP contribution < -0.4 is 0 Å². The standard InChI is InChI=1S/C20H30O4/c1-19-7-5-11(22)9-15(19)12(10-21)18(24)17-13-3-4-16(23)20(13,2)8-6-14(17)19/h12-15,17-18,21,24H,3-10H2,1-2H3/t12-,13+,14+,15?,17+,18-,19-,20+/m1/s1. The Kier molecular flexibility index (Phi) is 3.74. The molecular formula is C20H30O4. The average Bonchev–Trinajstić information content (AvgIpc) is 2.85. The molecule has 2 N–H and O–H groups in total. The minimum Gasteiger partial charge on any atom is -0.396 e. The maximum atomic E-state index is 12.5. The number of ketones is 2. The fourth-order valence-electron chi connectivity index (χ4n) is 7.25. The molecule has 4 fully saturated rings. The lowest BCUT2D eigenvalue weighted by Gasteiger charge is -2.63. The van der Waals surface area contributed by atoms with E-state index in [1.807, 2.05) is 0 Å². The van der Waals surface area contributed by atoms with Gasteiger partial charge in [-0.25, -0.2) is 0 Å². The molecule has 0 aromatic carbocycles. The van der Waals surface area contributed by atoms with Gasteiger partial charge in [-0.1, -0.05) is 13.8 Å². The molecule has 0 bridgehead atoms. The quantitative estimate of drug-likeness (QED) is 0.772. The van der Waals surface area contributed by atoms with Crippen molar-refractivity contribution in [1.29, 1.82) is 0 Å². The summed E-state index contributed by atoms with van der Waals surface area (Å²) in [5.41, 5.74) is -0.270. The van der Waals surface area contributed by atoms with Gasteiger partial charge < -0.3 is 10.2 Å². The molecule has 0 amide bonds. The third kappa shape index (κ3) is 1.99. The van der Waals surface area contributed by atoms with E-state index in [1.54, 1.807) is 0 Å². The normalized spacial score (nSPS) is 54.2. The van der Waals surface area contributed by atoms with E-state index in [0.717, 1.165) is 25.7 Å². The van der Waals surface area contributed by atoms with Gasteiger partial charge in [0.2, 0.25) is 0 Å². The summed E-state index contributed by atoms with van der Waals surface area (Å²) in [6.45, 7) is 4.33. The summed E-state index contributed by atoms with van der Waals surface area (Å²) in [6, 6.07) is 0. The van der Waals surface area contributed by atoms with Gasteiger partial charge in [0.15, 0.2) is 0 Å². The molecule has 4 rings (SSSR count). The Balaban J connectivity index is 1.76. The van der Waals surface area contributed by atoms with Crippen molar-refractivity contribution >= 4 is 11.6 Å². The second-order valence-electron chi connectivity index (χ2n) is 9.40. The number of hydrogen-bond donors (Lipinski definition) is 2. The van der Waals surface area contributed by atoms with Crippen molar-refractivity contribution in [2.75, 3.05) is 6.61 Å². The first kappa shape index (κ1) is 16.7. The number of fused-ring (bicyclic) bond motifs is 5. The second-order valence-corrected chi connectivity index (χ2v) is 9.40. The van der Waals surface area contributed by atoms with Gasteiger partial charge >= 0.3 is 0 Å². The number of carbonyl (C=O) groups excluding carboxylic acids is 2. The fourth-order valence-corrected chi connectivity index (χ4v) is 7.25. The number of Topliss-reactive ketones (excluding diaryl/α,β-unsaturated/α-hetero) is 2. The summed E-state index contributed by atoms with van der Waals surface area (Å²) in [6.07, 6.45) is 4.83. The van der Waals surface area contributed by atoms with Crippen LogP contribution in [0.5, 0.6) is 0 Å². The molecule has 4 saturated carbocycles. The van der Waals surface area contributed by atoms with E-state index < -0.39 is 6.10 Å². The zero-order valence-electron chi connectivity index (χ0n) is 14.8. The summed E-state index contributed by atoms with van der Waals surface area (Å²) in [4.78, 5) is 24.5. The molecule has 4 heteroatoms. The molecule has 0 aromatic rings. The lowest BCUT2D eigenvalue weighted by atomic mass is 9.42. The van der Waals surface area contributed by atoms with Gasteiger partial charge in [-0.2, -0.15) is 0 Å². The average molecular weight is 334 g/mol. The highest BCUT2D eigenvalue weighted by atomic mass is 16.3. The van der Waals surface area contributed by atoms with Crippen LogP contribution in [0.25, 0.3) is 0 Å². The summed E-state index contributed by atoms with van der Waals surface area (Å²) < 4.78 is 0. The van der Waals surface area contributed by atoms with E-state index in [0.29, 0.717) is 31.0 Å². The Morgan fingerprint density at radius 3 is 2.50 bits per heavy atom. The highest BCUT2D eigenvalue weighted by Crippen LogP contribution is 2.66. The number of hydrogen-bond acceptors (Lipinski definition) is 4. The van der Waals surface area contributed by atoms with Gasteiger partial charge in [0.25, 0.3) is 0 Å². The molecule has 0 saturated heterocycles. The van der Waals surface area contributed by atoms with Gasteiger partial charge in [-0.15, -0.1) is 0 Å². The minimum atomic E-state index is -0.584. The Morgan fingerprint density at radius 1 is 1.04 bits per heavy atom. The largest absolute Gasteiger partial charge is 0.396 e. The second kappa shape index (κ2) is 5.38. The van der Waals surface area contributed by atoms with Gasteiger partial charge in [0.05, 0.1) is 6.10 Å². The van der Waals surface area contributed by atoms with E-state index >= 15 is 0 Å². The number of aliphatic hydroxyl groups excluding tert-OH is 2. The van der Waals surface area contributed by atoms with Crippen LogP contribution in [0.4, 0.5) is 0 Å². The van der Waals surface area contributed by atoms with Crippen LogP contribution in [0, 0.1) is 40.4 Å². The lowest BCUT2D eigenvalue weighted by molar-refractivity contribution is -0.196. The van der Waals surface area contributed by atoms with E-state index in [4.69, 9.17) is 0 Å². The van der Waals surface area contributed by atoms with Crippen molar-refractivity contribution in [2.24, 2.45) is 40.4 Å². The molecule has 0 aromatic heterocycles. The number of aliphatic hydroxyl groups is 2. The predicted molar refractivity (Wildman–Crippen MR) is 89.1 cm³/mol. The monoisotopic (exact) mass is 334 g/mol. The fraction of sp³-hybridized carbons (Fsp3) is 0.900. The van der Waals surface area contributed by atoms with E-state index in [2.05, 4.69) is 13.8 Å². The topological polar surface area (TPSA) is 74.6 Å².